The van der Waals surface area contributed by atoms with Crippen LogP contribution >= 0.6 is 0 Å². The second kappa shape index (κ2) is 6.45. The van der Waals surface area contributed by atoms with Gasteiger partial charge in [0, 0.05) is 12.1 Å². The molecule has 0 aliphatic carbocycles. The molecular weight excluding hydrogens is 313 g/mol. The Morgan fingerprint density at radius 3 is 2.88 bits per heavy atom. The first-order chi connectivity index (χ1) is 11.5. The van der Waals surface area contributed by atoms with Gasteiger partial charge in [-0.1, -0.05) is 12.1 Å². The van der Waals surface area contributed by atoms with E-state index in [0.717, 1.165) is 5.56 Å². The third-order valence-corrected chi connectivity index (χ3v) is 3.32. The lowest BCUT2D eigenvalue weighted by atomic mass is 10.1. The number of halogens is 1. The lowest BCUT2D eigenvalue weighted by molar-refractivity contribution is 0.102. The Morgan fingerprint density at radius 2 is 2.12 bits per heavy atom. The Kier molecular flexibility index (Phi) is 4.19. The minimum atomic E-state index is -0.604. The van der Waals surface area contributed by atoms with Crippen LogP contribution in [0.25, 0.3) is 0 Å². The van der Waals surface area contributed by atoms with Crippen molar-refractivity contribution in [2.45, 2.75) is 13.3 Å². The van der Waals surface area contributed by atoms with Crippen molar-refractivity contribution in [3.05, 3.63) is 75.2 Å². The standard InChI is InChI=1S/C16H14FN5O2/c1-9-5-6-12(14(23)18-9)15(24)20-16-19-13(21-22-16)8-10-3-2-4-11(17)7-10/h2-7H,8H2,1H3,(H,18,23)(H2,19,20,21,22,24). The lowest BCUT2D eigenvalue weighted by Gasteiger charge is -2.00. The molecule has 122 valence electrons. The molecule has 7 nitrogen and oxygen atoms in total. The number of pyridine rings is 1. The van der Waals surface area contributed by atoms with Crippen molar-refractivity contribution in [2.75, 3.05) is 5.32 Å². The lowest BCUT2D eigenvalue weighted by Crippen LogP contribution is -2.23. The molecular formula is C16H14FN5O2. The van der Waals surface area contributed by atoms with Gasteiger partial charge >= 0.3 is 0 Å². The normalized spacial score (nSPS) is 10.6. The maximum absolute atomic E-state index is 13.2. The Bertz CT molecular complexity index is 947. The summed E-state index contributed by atoms with van der Waals surface area (Å²) in [4.78, 5) is 30.5. The number of aromatic nitrogens is 4. The van der Waals surface area contributed by atoms with Crippen LogP contribution < -0.4 is 10.9 Å². The molecule has 3 N–H and O–H groups in total. The predicted octanol–water partition coefficient (Wildman–Crippen LogP) is 1.78. The average molecular weight is 327 g/mol. The number of rotatable bonds is 4. The quantitative estimate of drug-likeness (QED) is 0.679. The van der Waals surface area contributed by atoms with Gasteiger partial charge in [0.2, 0.25) is 5.95 Å². The predicted molar refractivity (Wildman–Crippen MR) is 85.3 cm³/mol. The monoisotopic (exact) mass is 327 g/mol. The molecule has 0 atom stereocenters. The van der Waals surface area contributed by atoms with Crippen molar-refractivity contribution in [1.82, 2.24) is 20.2 Å². The number of aromatic amines is 2. The minimum Gasteiger partial charge on any atom is -0.326 e. The third kappa shape index (κ3) is 3.54. The summed E-state index contributed by atoms with van der Waals surface area (Å²) in [6.45, 7) is 1.72. The summed E-state index contributed by atoms with van der Waals surface area (Å²) in [5.74, 6) is -0.424. The summed E-state index contributed by atoms with van der Waals surface area (Å²) < 4.78 is 13.2. The van der Waals surface area contributed by atoms with Crippen LogP contribution in [0.3, 0.4) is 0 Å². The fourth-order valence-electron chi connectivity index (χ4n) is 2.19. The number of carbonyl (C=O) groups is 1. The summed E-state index contributed by atoms with van der Waals surface area (Å²) in [5.41, 5.74) is 0.867. The van der Waals surface area contributed by atoms with Crippen molar-refractivity contribution in [3.63, 3.8) is 0 Å². The van der Waals surface area contributed by atoms with Gasteiger partial charge in [-0.25, -0.2) is 4.39 Å². The van der Waals surface area contributed by atoms with E-state index >= 15 is 0 Å². The molecule has 2 aromatic heterocycles. The molecule has 3 rings (SSSR count). The van der Waals surface area contributed by atoms with Crippen LogP contribution in [0.2, 0.25) is 0 Å². The van der Waals surface area contributed by atoms with Crippen LogP contribution in [0.4, 0.5) is 10.3 Å². The second-order valence-electron chi connectivity index (χ2n) is 5.25. The fraction of sp³-hybridized carbons (Fsp3) is 0.125. The summed E-state index contributed by atoms with van der Waals surface area (Å²) in [5, 5.41) is 8.99. The number of anilines is 1. The second-order valence-corrected chi connectivity index (χ2v) is 5.25. The summed E-state index contributed by atoms with van der Waals surface area (Å²) in [7, 11) is 0. The molecule has 0 fully saturated rings. The maximum Gasteiger partial charge on any atom is 0.263 e. The molecule has 1 aromatic carbocycles. The molecule has 24 heavy (non-hydrogen) atoms. The highest BCUT2D eigenvalue weighted by molar-refractivity contribution is 6.02. The molecule has 3 aromatic rings. The number of amides is 1. The number of benzene rings is 1. The van der Waals surface area contributed by atoms with E-state index in [9.17, 15) is 14.0 Å². The Labute approximate surface area is 136 Å². The smallest absolute Gasteiger partial charge is 0.263 e. The first kappa shape index (κ1) is 15.6. The van der Waals surface area contributed by atoms with Crippen LogP contribution in [0, 0.1) is 12.7 Å². The minimum absolute atomic E-state index is 0.0305. The van der Waals surface area contributed by atoms with E-state index in [4.69, 9.17) is 0 Å². The largest absolute Gasteiger partial charge is 0.326 e. The number of nitrogens with one attached hydrogen (secondary N) is 3. The number of carbonyl (C=O) groups excluding carboxylic acids is 1. The van der Waals surface area contributed by atoms with Crippen LogP contribution in [0.15, 0.2) is 41.2 Å². The van der Waals surface area contributed by atoms with E-state index in [2.05, 4.69) is 25.5 Å². The number of hydrogen-bond donors (Lipinski definition) is 3. The molecule has 8 heteroatoms. The molecule has 0 aliphatic rings. The van der Waals surface area contributed by atoms with Gasteiger partial charge in [-0.2, -0.15) is 4.98 Å². The van der Waals surface area contributed by atoms with Crippen molar-refractivity contribution in [1.29, 1.82) is 0 Å². The first-order valence-corrected chi connectivity index (χ1v) is 7.18. The summed E-state index contributed by atoms with van der Waals surface area (Å²) >= 11 is 0. The fourth-order valence-corrected chi connectivity index (χ4v) is 2.19. The van der Waals surface area contributed by atoms with Crippen LogP contribution in [-0.4, -0.2) is 26.1 Å². The number of hydrogen-bond acceptors (Lipinski definition) is 4. The molecule has 1 amide bonds. The molecule has 0 aliphatic heterocycles. The maximum atomic E-state index is 13.2. The Balaban J connectivity index is 1.71. The van der Waals surface area contributed by atoms with E-state index in [1.807, 2.05) is 0 Å². The van der Waals surface area contributed by atoms with Gasteiger partial charge in [0.15, 0.2) is 0 Å². The highest BCUT2D eigenvalue weighted by Gasteiger charge is 2.13. The number of aryl methyl sites for hydroxylation is 1. The van der Waals surface area contributed by atoms with Crippen LogP contribution in [0.5, 0.6) is 0 Å². The van der Waals surface area contributed by atoms with E-state index < -0.39 is 11.5 Å². The zero-order valence-electron chi connectivity index (χ0n) is 12.8. The number of H-pyrrole nitrogens is 2. The van der Waals surface area contributed by atoms with E-state index in [0.29, 0.717) is 17.9 Å². The van der Waals surface area contributed by atoms with Crippen LogP contribution in [-0.2, 0) is 6.42 Å². The van der Waals surface area contributed by atoms with Crippen molar-refractivity contribution >= 4 is 11.9 Å². The SMILES string of the molecule is Cc1ccc(C(=O)Nc2n[nH]c(Cc3cccc(F)c3)n2)c(=O)[nH]1. The highest BCUT2D eigenvalue weighted by atomic mass is 19.1. The third-order valence-electron chi connectivity index (χ3n) is 3.32. The van der Waals surface area contributed by atoms with Crippen molar-refractivity contribution in [3.8, 4) is 0 Å². The Morgan fingerprint density at radius 1 is 1.29 bits per heavy atom. The molecule has 0 radical (unpaired) electrons. The van der Waals surface area contributed by atoms with E-state index in [1.165, 1.54) is 18.2 Å². The number of nitrogens with zero attached hydrogens (tertiary/aromatic N) is 2. The molecule has 0 saturated heterocycles. The van der Waals surface area contributed by atoms with Gasteiger partial charge in [-0.3, -0.25) is 20.0 Å². The molecule has 0 spiro atoms. The van der Waals surface area contributed by atoms with Gasteiger partial charge in [0.05, 0.1) is 0 Å². The average Bonchev–Trinajstić information content (AvgIpc) is 2.94. The zero-order chi connectivity index (χ0) is 17.1. The first-order valence-electron chi connectivity index (χ1n) is 7.18. The van der Waals surface area contributed by atoms with Crippen LogP contribution in [0.1, 0.15) is 27.4 Å². The van der Waals surface area contributed by atoms with Gasteiger partial charge in [0.1, 0.15) is 17.2 Å². The molecule has 0 bridgehead atoms. The van der Waals surface area contributed by atoms with Gasteiger partial charge in [0.25, 0.3) is 11.5 Å². The highest BCUT2D eigenvalue weighted by Crippen LogP contribution is 2.09. The molecule has 2 heterocycles. The van der Waals surface area contributed by atoms with Gasteiger partial charge in [-0.05, 0) is 36.8 Å². The van der Waals surface area contributed by atoms with Gasteiger partial charge in [-0.15, -0.1) is 5.10 Å². The molecule has 0 saturated carbocycles. The molecule has 0 unspecified atom stereocenters. The summed E-state index contributed by atoms with van der Waals surface area (Å²) in [6.07, 6.45) is 0.339. The van der Waals surface area contributed by atoms with E-state index in [-0.39, 0.29) is 17.3 Å². The van der Waals surface area contributed by atoms with Crippen molar-refractivity contribution in [2.24, 2.45) is 0 Å². The van der Waals surface area contributed by atoms with Gasteiger partial charge < -0.3 is 4.98 Å². The Hall–Kier alpha value is -3.29. The van der Waals surface area contributed by atoms with Crippen molar-refractivity contribution < 1.29 is 9.18 Å². The summed E-state index contributed by atoms with van der Waals surface area (Å²) in [6, 6.07) is 9.18. The van der Waals surface area contributed by atoms with E-state index in [1.54, 1.807) is 25.1 Å². The zero-order valence-corrected chi connectivity index (χ0v) is 12.8. The topological polar surface area (TPSA) is 104 Å².